The Labute approximate surface area is 138 Å². The van der Waals surface area contributed by atoms with Crippen LogP contribution in [0, 0.1) is 6.92 Å². The van der Waals surface area contributed by atoms with Crippen molar-refractivity contribution >= 4 is 33.1 Å². The van der Waals surface area contributed by atoms with Gasteiger partial charge in [-0.05, 0) is 37.6 Å². The second kappa shape index (κ2) is 6.38. The second-order valence-corrected chi connectivity index (χ2v) is 6.50. The molecule has 0 fully saturated rings. The van der Waals surface area contributed by atoms with E-state index in [0.717, 1.165) is 21.5 Å². The summed E-state index contributed by atoms with van der Waals surface area (Å²) in [5, 5.41) is 2.90. The number of hydrogen-bond donors (Lipinski definition) is 1. The maximum Gasteiger partial charge on any atom is 0.308 e. The molecule has 0 aliphatic heterocycles. The van der Waals surface area contributed by atoms with Crippen molar-refractivity contribution < 1.29 is 4.79 Å². The Morgan fingerprint density at radius 3 is 2.61 bits per heavy atom. The number of nitrogens with one attached hydrogen (secondary N) is 1. The number of fused-ring (bicyclic) bond motifs is 1. The minimum Gasteiger partial charge on any atom is -0.326 e. The van der Waals surface area contributed by atoms with Crippen molar-refractivity contribution in [3.05, 3.63) is 63.3 Å². The van der Waals surface area contributed by atoms with Crippen LogP contribution in [0.1, 0.15) is 18.1 Å². The van der Waals surface area contributed by atoms with Crippen molar-refractivity contribution in [2.45, 2.75) is 26.8 Å². The molecule has 3 aromatic rings. The standard InChI is InChI=1S/C18H18N2O2S/c1-3-20-15-9-8-14(11-16(15)23-18(20)22)19-17(21)10-13-6-4-12(2)5-7-13/h4-9,11H,3,10H2,1-2H3,(H,19,21). The molecule has 1 aromatic heterocycles. The van der Waals surface area contributed by atoms with E-state index in [2.05, 4.69) is 5.32 Å². The summed E-state index contributed by atoms with van der Waals surface area (Å²) in [5.41, 5.74) is 3.80. The highest BCUT2D eigenvalue weighted by molar-refractivity contribution is 7.16. The predicted octanol–water partition coefficient (Wildman–Crippen LogP) is 3.57. The lowest BCUT2D eigenvalue weighted by molar-refractivity contribution is -0.115. The van der Waals surface area contributed by atoms with E-state index in [1.165, 1.54) is 16.9 Å². The molecular formula is C18H18N2O2S. The first kappa shape index (κ1) is 15.5. The third-order valence-electron chi connectivity index (χ3n) is 3.75. The molecule has 118 valence electrons. The van der Waals surface area contributed by atoms with Gasteiger partial charge in [-0.3, -0.25) is 14.2 Å². The van der Waals surface area contributed by atoms with E-state index in [9.17, 15) is 9.59 Å². The molecule has 1 N–H and O–H groups in total. The average molecular weight is 326 g/mol. The fraction of sp³-hybridized carbons (Fsp3) is 0.222. The van der Waals surface area contributed by atoms with Gasteiger partial charge in [0.1, 0.15) is 0 Å². The molecule has 0 aliphatic carbocycles. The van der Waals surface area contributed by atoms with Crippen LogP contribution in [0.4, 0.5) is 5.69 Å². The Hall–Kier alpha value is -2.40. The molecule has 0 atom stereocenters. The molecule has 23 heavy (non-hydrogen) atoms. The van der Waals surface area contributed by atoms with Crippen LogP contribution in [-0.2, 0) is 17.8 Å². The lowest BCUT2D eigenvalue weighted by Gasteiger charge is -2.06. The van der Waals surface area contributed by atoms with E-state index < -0.39 is 0 Å². The highest BCUT2D eigenvalue weighted by Crippen LogP contribution is 2.22. The molecule has 0 saturated carbocycles. The summed E-state index contributed by atoms with van der Waals surface area (Å²) in [6.07, 6.45) is 0.338. The summed E-state index contributed by atoms with van der Waals surface area (Å²) in [7, 11) is 0. The van der Waals surface area contributed by atoms with Gasteiger partial charge in [0.05, 0.1) is 16.6 Å². The number of thiazole rings is 1. The molecule has 0 radical (unpaired) electrons. The summed E-state index contributed by atoms with van der Waals surface area (Å²) in [6, 6.07) is 13.5. The topological polar surface area (TPSA) is 51.1 Å². The fourth-order valence-electron chi connectivity index (χ4n) is 2.54. The molecule has 1 heterocycles. The summed E-state index contributed by atoms with van der Waals surface area (Å²) >= 11 is 1.21. The highest BCUT2D eigenvalue weighted by atomic mass is 32.1. The molecule has 3 rings (SSSR count). The fourth-order valence-corrected chi connectivity index (χ4v) is 3.53. The molecular weight excluding hydrogens is 308 g/mol. The molecule has 0 aliphatic rings. The number of benzene rings is 2. The van der Waals surface area contributed by atoms with Crippen LogP contribution in [0.15, 0.2) is 47.3 Å². The van der Waals surface area contributed by atoms with E-state index in [0.29, 0.717) is 13.0 Å². The van der Waals surface area contributed by atoms with Gasteiger partial charge >= 0.3 is 4.87 Å². The quantitative estimate of drug-likeness (QED) is 0.797. The largest absolute Gasteiger partial charge is 0.326 e. The van der Waals surface area contributed by atoms with E-state index in [-0.39, 0.29) is 10.8 Å². The monoisotopic (exact) mass is 326 g/mol. The van der Waals surface area contributed by atoms with Crippen LogP contribution < -0.4 is 10.2 Å². The van der Waals surface area contributed by atoms with Crippen LogP contribution in [0.5, 0.6) is 0 Å². The van der Waals surface area contributed by atoms with Gasteiger partial charge in [-0.1, -0.05) is 41.2 Å². The number of hydrogen-bond acceptors (Lipinski definition) is 3. The smallest absolute Gasteiger partial charge is 0.308 e. The van der Waals surface area contributed by atoms with Gasteiger partial charge < -0.3 is 5.32 Å². The molecule has 2 aromatic carbocycles. The van der Waals surface area contributed by atoms with Crippen molar-refractivity contribution in [1.82, 2.24) is 4.57 Å². The van der Waals surface area contributed by atoms with Gasteiger partial charge in [-0.2, -0.15) is 0 Å². The number of rotatable bonds is 4. The number of anilines is 1. The van der Waals surface area contributed by atoms with E-state index in [1.807, 2.05) is 56.3 Å². The predicted molar refractivity (Wildman–Crippen MR) is 95.3 cm³/mol. The molecule has 0 spiro atoms. The van der Waals surface area contributed by atoms with Crippen molar-refractivity contribution in [3.63, 3.8) is 0 Å². The van der Waals surface area contributed by atoms with Crippen molar-refractivity contribution in [1.29, 1.82) is 0 Å². The normalized spacial score (nSPS) is 10.9. The number of aromatic nitrogens is 1. The van der Waals surface area contributed by atoms with Crippen LogP contribution in [0.25, 0.3) is 10.2 Å². The summed E-state index contributed by atoms with van der Waals surface area (Å²) in [5.74, 6) is -0.0597. The third-order valence-corrected chi connectivity index (χ3v) is 4.70. The molecule has 0 saturated heterocycles. The summed E-state index contributed by atoms with van der Waals surface area (Å²) < 4.78 is 2.63. The first-order valence-electron chi connectivity index (χ1n) is 7.55. The first-order chi connectivity index (χ1) is 11.1. The lowest BCUT2D eigenvalue weighted by atomic mass is 10.1. The van der Waals surface area contributed by atoms with E-state index >= 15 is 0 Å². The molecule has 1 amide bonds. The minimum atomic E-state index is -0.0597. The average Bonchev–Trinajstić information content (AvgIpc) is 2.83. The van der Waals surface area contributed by atoms with E-state index in [1.54, 1.807) is 4.57 Å². The van der Waals surface area contributed by atoms with Crippen LogP contribution in [-0.4, -0.2) is 10.5 Å². The third kappa shape index (κ3) is 3.35. The van der Waals surface area contributed by atoms with E-state index in [4.69, 9.17) is 0 Å². The van der Waals surface area contributed by atoms with Gasteiger partial charge in [0, 0.05) is 12.2 Å². The second-order valence-electron chi connectivity index (χ2n) is 5.51. The van der Waals surface area contributed by atoms with Crippen LogP contribution in [0.2, 0.25) is 0 Å². The lowest BCUT2D eigenvalue weighted by Crippen LogP contribution is -2.14. The number of carbonyl (C=O) groups excluding carboxylic acids is 1. The van der Waals surface area contributed by atoms with Gasteiger partial charge in [0.25, 0.3) is 0 Å². The van der Waals surface area contributed by atoms with Crippen molar-refractivity contribution in [3.8, 4) is 0 Å². The Balaban J connectivity index is 1.77. The zero-order valence-corrected chi connectivity index (χ0v) is 13.9. The zero-order valence-electron chi connectivity index (χ0n) is 13.1. The zero-order chi connectivity index (χ0) is 16.4. The van der Waals surface area contributed by atoms with Crippen LogP contribution >= 0.6 is 11.3 Å². The summed E-state index contributed by atoms with van der Waals surface area (Å²) in [4.78, 5) is 24.1. The van der Waals surface area contributed by atoms with Crippen molar-refractivity contribution in [2.75, 3.05) is 5.32 Å². The number of aryl methyl sites for hydroxylation is 2. The highest BCUT2D eigenvalue weighted by Gasteiger charge is 2.09. The number of nitrogens with zero attached hydrogens (tertiary/aromatic N) is 1. The van der Waals surface area contributed by atoms with Crippen molar-refractivity contribution in [2.24, 2.45) is 0 Å². The Bertz CT molecular complexity index is 907. The van der Waals surface area contributed by atoms with Gasteiger partial charge in [-0.15, -0.1) is 0 Å². The van der Waals surface area contributed by atoms with Gasteiger partial charge in [0.15, 0.2) is 0 Å². The Kier molecular flexibility index (Phi) is 4.30. The number of amides is 1. The minimum absolute atomic E-state index is 0.0330. The molecule has 0 unspecified atom stereocenters. The Morgan fingerprint density at radius 2 is 1.91 bits per heavy atom. The summed E-state index contributed by atoms with van der Waals surface area (Å²) in [6.45, 7) is 4.62. The molecule has 0 bridgehead atoms. The maximum atomic E-state index is 12.2. The first-order valence-corrected chi connectivity index (χ1v) is 8.37. The van der Waals surface area contributed by atoms with Gasteiger partial charge in [-0.25, -0.2) is 0 Å². The molecule has 4 nitrogen and oxygen atoms in total. The maximum absolute atomic E-state index is 12.2. The van der Waals surface area contributed by atoms with Crippen LogP contribution in [0.3, 0.4) is 0 Å². The Morgan fingerprint density at radius 1 is 1.17 bits per heavy atom. The van der Waals surface area contributed by atoms with Gasteiger partial charge in [0.2, 0.25) is 5.91 Å². The molecule has 5 heteroatoms. The number of carbonyl (C=O) groups is 1. The SMILES string of the molecule is CCn1c(=O)sc2cc(NC(=O)Cc3ccc(C)cc3)ccc21.